The van der Waals surface area contributed by atoms with Gasteiger partial charge in [0.25, 0.3) is 0 Å². The Morgan fingerprint density at radius 3 is 2.53 bits per heavy atom. The second kappa shape index (κ2) is 6.09. The van der Waals surface area contributed by atoms with Crippen LogP contribution in [0.15, 0.2) is 30.4 Å². The third kappa shape index (κ3) is 3.09. The van der Waals surface area contributed by atoms with Gasteiger partial charge in [-0.2, -0.15) is 0 Å². The monoisotopic (exact) mass is 234 g/mol. The second-order valence-corrected chi connectivity index (χ2v) is 3.74. The van der Waals surface area contributed by atoms with Crippen LogP contribution in [0.1, 0.15) is 30.1 Å². The van der Waals surface area contributed by atoms with E-state index in [0.717, 1.165) is 12.0 Å². The number of ether oxygens (including phenoxy) is 2. The maximum absolute atomic E-state index is 12.1. The Kier molecular flexibility index (Phi) is 4.76. The first-order valence-electron chi connectivity index (χ1n) is 5.54. The maximum atomic E-state index is 12.1. The molecule has 92 valence electrons. The fourth-order valence-corrected chi connectivity index (χ4v) is 1.55. The molecule has 0 bridgehead atoms. The van der Waals surface area contributed by atoms with Gasteiger partial charge in [-0.1, -0.05) is 25.1 Å². The molecular formula is C14H18O3. The van der Waals surface area contributed by atoms with Crippen LogP contribution in [0.3, 0.4) is 0 Å². The summed E-state index contributed by atoms with van der Waals surface area (Å²) in [6.07, 6.45) is 1.15. The molecule has 0 aliphatic rings. The lowest BCUT2D eigenvalue weighted by Crippen LogP contribution is -2.04. The van der Waals surface area contributed by atoms with E-state index in [2.05, 4.69) is 6.58 Å². The Balaban J connectivity index is 3.04. The number of methoxy groups -OCH3 is 2. The van der Waals surface area contributed by atoms with Crippen molar-refractivity contribution in [2.24, 2.45) is 0 Å². The van der Waals surface area contributed by atoms with Crippen molar-refractivity contribution in [2.75, 3.05) is 14.2 Å². The van der Waals surface area contributed by atoms with Crippen molar-refractivity contribution < 1.29 is 14.3 Å². The van der Waals surface area contributed by atoms with Crippen LogP contribution < -0.4 is 9.47 Å². The number of carbonyl (C=O) groups excluding carboxylic acids is 1. The Hall–Kier alpha value is -1.77. The van der Waals surface area contributed by atoms with Crippen LogP contribution in [0.2, 0.25) is 0 Å². The van der Waals surface area contributed by atoms with Crippen molar-refractivity contribution in [3.05, 3.63) is 35.9 Å². The molecule has 1 aromatic carbocycles. The first kappa shape index (κ1) is 13.3. The number of hydrogen-bond acceptors (Lipinski definition) is 3. The summed E-state index contributed by atoms with van der Waals surface area (Å²) in [4.78, 5) is 12.1. The van der Waals surface area contributed by atoms with Gasteiger partial charge in [0.15, 0.2) is 17.3 Å². The zero-order valence-corrected chi connectivity index (χ0v) is 10.6. The number of hydrogen-bond donors (Lipinski definition) is 0. The van der Waals surface area contributed by atoms with Gasteiger partial charge in [-0.3, -0.25) is 4.79 Å². The van der Waals surface area contributed by atoms with Crippen molar-refractivity contribution in [1.82, 2.24) is 0 Å². The molecule has 0 radical (unpaired) electrons. The Morgan fingerprint density at radius 2 is 2.00 bits per heavy atom. The Morgan fingerprint density at radius 1 is 1.29 bits per heavy atom. The van der Waals surface area contributed by atoms with Crippen LogP contribution >= 0.6 is 0 Å². The van der Waals surface area contributed by atoms with E-state index in [-0.39, 0.29) is 5.78 Å². The number of ketones is 1. The van der Waals surface area contributed by atoms with Gasteiger partial charge in [-0.25, -0.2) is 0 Å². The van der Waals surface area contributed by atoms with Crippen LogP contribution in [0, 0.1) is 0 Å². The van der Waals surface area contributed by atoms with Crippen molar-refractivity contribution in [2.45, 2.75) is 19.8 Å². The molecule has 0 aromatic heterocycles. The lowest BCUT2D eigenvalue weighted by Gasteiger charge is -2.11. The molecule has 3 heteroatoms. The van der Waals surface area contributed by atoms with Crippen molar-refractivity contribution in [3.63, 3.8) is 0 Å². The molecule has 0 saturated carbocycles. The standard InChI is InChI=1S/C14H18O3/c1-5-10(2)9-12(15)11-7-6-8-13(16-3)14(11)17-4/h6-8H,2,5,9H2,1,3-4H3. The third-order valence-corrected chi connectivity index (χ3v) is 2.61. The molecule has 0 N–H and O–H groups in total. The number of para-hydroxylation sites is 1. The summed E-state index contributed by atoms with van der Waals surface area (Å²) in [5.41, 5.74) is 1.46. The minimum absolute atomic E-state index is 0.00704. The SMILES string of the molecule is C=C(CC)CC(=O)c1cccc(OC)c1OC. The van der Waals surface area contributed by atoms with Crippen molar-refractivity contribution in [3.8, 4) is 11.5 Å². The van der Waals surface area contributed by atoms with E-state index in [0.29, 0.717) is 23.5 Å². The summed E-state index contributed by atoms with van der Waals surface area (Å²) in [5, 5.41) is 0. The number of Topliss-reactive ketones (excluding diaryl/α,β-unsaturated/α-hetero) is 1. The predicted octanol–water partition coefficient (Wildman–Crippen LogP) is 3.24. The van der Waals surface area contributed by atoms with Gasteiger partial charge < -0.3 is 9.47 Å². The van der Waals surface area contributed by atoms with E-state index in [4.69, 9.17) is 9.47 Å². The zero-order valence-electron chi connectivity index (χ0n) is 10.6. The Bertz CT molecular complexity index is 421. The van der Waals surface area contributed by atoms with Crippen LogP contribution in [0.5, 0.6) is 11.5 Å². The Labute approximate surface area is 102 Å². The summed E-state index contributed by atoms with van der Waals surface area (Å²) in [6.45, 7) is 5.83. The van der Waals surface area contributed by atoms with Crippen LogP contribution in [-0.2, 0) is 0 Å². The molecule has 1 rings (SSSR count). The van der Waals surface area contributed by atoms with E-state index in [1.54, 1.807) is 25.3 Å². The molecule has 0 aliphatic carbocycles. The normalized spacial score (nSPS) is 9.82. The molecular weight excluding hydrogens is 216 g/mol. The topological polar surface area (TPSA) is 35.5 Å². The van der Waals surface area contributed by atoms with Crippen molar-refractivity contribution >= 4 is 5.78 Å². The van der Waals surface area contributed by atoms with Gasteiger partial charge in [0.2, 0.25) is 0 Å². The summed E-state index contributed by atoms with van der Waals surface area (Å²) >= 11 is 0. The summed E-state index contributed by atoms with van der Waals surface area (Å²) in [5.74, 6) is 1.07. The molecule has 3 nitrogen and oxygen atoms in total. The van der Waals surface area contributed by atoms with Gasteiger partial charge in [-0.05, 0) is 18.6 Å². The molecule has 0 fully saturated rings. The van der Waals surface area contributed by atoms with E-state index >= 15 is 0 Å². The molecule has 0 unspecified atom stereocenters. The lowest BCUT2D eigenvalue weighted by atomic mass is 10.0. The fraction of sp³-hybridized carbons (Fsp3) is 0.357. The van der Waals surface area contributed by atoms with Crippen molar-refractivity contribution in [1.29, 1.82) is 0 Å². The third-order valence-electron chi connectivity index (χ3n) is 2.61. The fourth-order valence-electron chi connectivity index (χ4n) is 1.55. The van der Waals surface area contributed by atoms with Gasteiger partial charge in [-0.15, -0.1) is 0 Å². The highest BCUT2D eigenvalue weighted by molar-refractivity contribution is 6.00. The smallest absolute Gasteiger partial charge is 0.171 e. The van der Waals surface area contributed by atoms with Gasteiger partial charge in [0, 0.05) is 6.42 Å². The van der Waals surface area contributed by atoms with Gasteiger partial charge in [0.05, 0.1) is 19.8 Å². The second-order valence-electron chi connectivity index (χ2n) is 3.74. The summed E-state index contributed by atoms with van der Waals surface area (Å²) < 4.78 is 10.4. The molecule has 0 aliphatic heterocycles. The number of rotatable bonds is 6. The highest BCUT2D eigenvalue weighted by atomic mass is 16.5. The quantitative estimate of drug-likeness (QED) is 0.560. The highest BCUT2D eigenvalue weighted by Crippen LogP contribution is 2.31. The molecule has 0 amide bonds. The summed E-state index contributed by atoms with van der Waals surface area (Å²) in [6, 6.07) is 5.29. The minimum Gasteiger partial charge on any atom is -0.493 e. The van der Waals surface area contributed by atoms with E-state index in [9.17, 15) is 4.79 Å². The average molecular weight is 234 g/mol. The molecule has 17 heavy (non-hydrogen) atoms. The van der Waals surface area contributed by atoms with E-state index < -0.39 is 0 Å². The van der Waals surface area contributed by atoms with Crippen LogP contribution in [-0.4, -0.2) is 20.0 Å². The number of benzene rings is 1. The molecule has 0 heterocycles. The van der Waals surface area contributed by atoms with E-state index in [1.165, 1.54) is 7.11 Å². The minimum atomic E-state index is 0.00704. The maximum Gasteiger partial charge on any atom is 0.171 e. The van der Waals surface area contributed by atoms with Crippen LogP contribution in [0.25, 0.3) is 0 Å². The molecule has 1 aromatic rings. The average Bonchev–Trinajstić information content (AvgIpc) is 2.37. The number of carbonyl (C=O) groups is 1. The largest absolute Gasteiger partial charge is 0.493 e. The highest BCUT2D eigenvalue weighted by Gasteiger charge is 2.16. The lowest BCUT2D eigenvalue weighted by molar-refractivity contribution is 0.0989. The van der Waals surface area contributed by atoms with E-state index in [1.807, 2.05) is 6.92 Å². The first-order valence-corrected chi connectivity index (χ1v) is 5.54. The molecule has 0 spiro atoms. The van der Waals surface area contributed by atoms with Crippen LogP contribution in [0.4, 0.5) is 0 Å². The molecule has 0 atom stereocenters. The van der Waals surface area contributed by atoms with Gasteiger partial charge >= 0.3 is 0 Å². The molecule has 0 saturated heterocycles. The zero-order chi connectivity index (χ0) is 12.8. The van der Waals surface area contributed by atoms with Gasteiger partial charge in [0.1, 0.15) is 0 Å². The first-order chi connectivity index (χ1) is 8.13. The summed E-state index contributed by atoms with van der Waals surface area (Å²) in [7, 11) is 3.08. The predicted molar refractivity (Wildman–Crippen MR) is 67.9 cm³/mol. The number of allylic oxidation sites excluding steroid dienone is 1.